The van der Waals surface area contributed by atoms with Gasteiger partial charge in [-0.3, -0.25) is 10.1 Å². The zero-order valence-electron chi connectivity index (χ0n) is 10.9. The van der Waals surface area contributed by atoms with Crippen molar-refractivity contribution in [2.75, 3.05) is 20.3 Å². The van der Waals surface area contributed by atoms with Crippen molar-refractivity contribution in [1.82, 2.24) is 5.32 Å². The lowest BCUT2D eigenvalue weighted by Gasteiger charge is -2.16. The van der Waals surface area contributed by atoms with Gasteiger partial charge >= 0.3 is 0 Å². The summed E-state index contributed by atoms with van der Waals surface area (Å²) in [6.45, 7) is 3.66. The smallest absolute Gasteiger partial charge is 0.269 e. The molecule has 0 amide bonds. The van der Waals surface area contributed by atoms with Crippen LogP contribution in [-0.2, 0) is 11.2 Å². The van der Waals surface area contributed by atoms with E-state index in [0.29, 0.717) is 12.6 Å². The van der Waals surface area contributed by atoms with Gasteiger partial charge in [-0.2, -0.15) is 0 Å². The Kier molecular flexibility index (Phi) is 6.32. The lowest BCUT2D eigenvalue weighted by atomic mass is 10.1. The van der Waals surface area contributed by atoms with Gasteiger partial charge in [0.1, 0.15) is 0 Å². The number of methoxy groups -OCH3 is 1. The monoisotopic (exact) mass is 252 g/mol. The largest absolute Gasteiger partial charge is 0.383 e. The molecule has 1 atom stereocenters. The highest BCUT2D eigenvalue weighted by Crippen LogP contribution is 2.13. The summed E-state index contributed by atoms with van der Waals surface area (Å²) >= 11 is 0. The van der Waals surface area contributed by atoms with E-state index < -0.39 is 0 Å². The number of nitrogens with zero attached hydrogens (tertiary/aromatic N) is 1. The van der Waals surface area contributed by atoms with Crippen molar-refractivity contribution in [3.8, 4) is 0 Å². The van der Waals surface area contributed by atoms with Crippen LogP contribution in [0.25, 0.3) is 0 Å². The summed E-state index contributed by atoms with van der Waals surface area (Å²) in [7, 11) is 1.69. The van der Waals surface area contributed by atoms with Crippen LogP contribution in [0.4, 0.5) is 5.69 Å². The zero-order chi connectivity index (χ0) is 13.4. The predicted molar refractivity (Wildman–Crippen MR) is 70.8 cm³/mol. The van der Waals surface area contributed by atoms with Crippen molar-refractivity contribution in [2.24, 2.45) is 0 Å². The quantitative estimate of drug-likeness (QED) is 0.568. The van der Waals surface area contributed by atoms with Crippen molar-refractivity contribution in [3.63, 3.8) is 0 Å². The molecule has 1 aromatic carbocycles. The molecule has 1 unspecified atom stereocenters. The molecule has 0 heterocycles. The van der Waals surface area contributed by atoms with Crippen molar-refractivity contribution in [1.29, 1.82) is 0 Å². The van der Waals surface area contributed by atoms with Crippen molar-refractivity contribution >= 4 is 5.69 Å². The maximum Gasteiger partial charge on any atom is 0.269 e. The Labute approximate surface area is 107 Å². The highest BCUT2D eigenvalue weighted by Gasteiger charge is 2.08. The predicted octanol–water partition coefficient (Wildman–Crippen LogP) is 2.15. The molecule has 100 valence electrons. The molecule has 0 aliphatic carbocycles. The maximum absolute atomic E-state index is 10.5. The average molecular weight is 252 g/mol. The molecule has 0 spiro atoms. The van der Waals surface area contributed by atoms with Gasteiger partial charge < -0.3 is 10.1 Å². The minimum atomic E-state index is -0.379. The number of aryl methyl sites for hydroxylation is 1. The molecular weight excluding hydrogens is 232 g/mol. The lowest BCUT2D eigenvalue weighted by Crippen LogP contribution is -2.33. The molecule has 0 aliphatic heterocycles. The Morgan fingerprint density at radius 2 is 2.06 bits per heavy atom. The summed E-state index contributed by atoms with van der Waals surface area (Å²) in [6, 6.07) is 7.05. The number of hydrogen-bond donors (Lipinski definition) is 1. The second-order valence-corrected chi connectivity index (χ2v) is 4.17. The summed E-state index contributed by atoms with van der Waals surface area (Å²) in [5.74, 6) is 0. The molecule has 0 saturated heterocycles. The fraction of sp³-hybridized carbons (Fsp3) is 0.538. The van der Waals surface area contributed by atoms with Gasteiger partial charge in [0.05, 0.1) is 11.5 Å². The summed E-state index contributed by atoms with van der Waals surface area (Å²) < 4.78 is 5.14. The molecule has 1 rings (SSSR count). The fourth-order valence-corrected chi connectivity index (χ4v) is 1.86. The first-order valence-electron chi connectivity index (χ1n) is 6.13. The van der Waals surface area contributed by atoms with E-state index in [9.17, 15) is 10.1 Å². The van der Waals surface area contributed by atoms with E-state index in [2.05, 4.69) is 12.2 Å². The third kappa shape index (κ3) is 4.81. The van der Waals surface area contributed by atoms with Crippen LogP contribution in [0.1, 0.15) is 18.9 Å². The third-order valence-corrected chi connectivity index (χ3v) is 2.79. The highest BCUT2D eigenvalue weighted by atomic mass is 16.6. The molecule has 0 aliphatic rings. The summed E-state index contributed by atoms with van der Waals surface area (Å²) in [5.41, 5.74) is 1.25. The number of non-ortho nitro benzene ring substituents is 1. The molecule has 5 nitrogen and oxygen atoms in total. The van der Waals surface area contributed by atoms with Gasteiger partial charge in [-0.15, -0.1) is 0 Å². The number of nitrogens with one attached hydrogen (secondary N) is 1. The molecule has 0 saturated carbocycles. The van der Waals surface area contributed by atoms with Gasteiger partial charge in [0.2, 0.25) is 0 Å². The van der Waals surface area contributed by atoms with Crippen LogP contribution in [0.3, 0.4) is 0 Å². The standard InChI is InChI=1S/C13H20N2O3/c1-3-14-12(10-18-2)7-4-11-5-8-13(9-6-11)15(16)17/h5-6,8-9,12,14H,3-4,7,10H2,1-2H3. The minimum Gasteiger partial charge on any atom is -0.383 e. The van der Waals surface area contributed by atoms with E-state index in [-0.39, 0.29) is 10.6 Å². The van der Waals surface area contributed by atoms with Gasteiger partial charge in [0.15, 0.2) is 0 Å². The topological polar surface area (TPSA) is 64.4 Å². The molecule has 1 aromatic rings. The van der Waals surface area contributed by atoms with Gasteiger partial charge in [0, 0.05) is 25.3 Å². The van der Waals surface area contributed by atoms with Crippen LogP contribution < -0.4 is 5.32 Å². The van der Waals surface area contributed by atoms with Crippen LogP contribution in [0.15, 0.2) is 24.3 Å². The SMILES string of the molecule is CCNC(CCc1ccc([N+](=O)[O-])cc1)COC. The Morgan fingerprint density at radius 1 is 1.39 bits per heavy atom. The first-order chi connectivity index (χ1) is 8.67. The molecule has 0 bridgehead atoms. The first kappa shape index (κ1) is 14.6. The number of hydrogen-bond acceptors (Lipinski definition) is 4. The summed E-state index contributed by atoms with van der Waals surface area (Å²) in [5, 5.41) is 13.9. The normalized spacial score (nSPS) is 12.3. The summed E-state index contributed by atoms with van der Waals surface area (Å²) in [4.78, 5) is 10.1. The lowest BCUT2D eigenvalue weighted by molar-refractivity contribution is -0.384. The van der Waals surface area contributed by atoms with E-state index in [1.807, 2.05) is 12.1 Å². The van der Waals surface area contributed by atoms with Crippen LogP contribution in [0.2, 0.25) is 0 Å². The minimum absolute atomic E-state index is 0.138. The van der Waals surface area contributed by atoms with E-state index in [1.54, 1.807) is 19.2 Å². The number of nitro benzene ring substituents is 1. The van der Waals surface area contributed by atoms with Gasteiger partial charge in [-0.05, 0) is 24.9 Å². The van der Waals surface area contributed by atoms with E-state index in [1.165, 1.54) is 0 Å². The van der Waals surface area contributed by atoms with Crippen LogP contribution in [0.5, 0.6) is 0 Å². The second-order valence-electron chi connectivity index (χ2n) is 4.17. The van der Waals surface area contributed by atoms with Gasteiger partial charge in [0.25, 0.3) is 5.69 Å². The highest BCUT2D eigenvalue weighted by molar-refractivity contribution is 5.32. The number of benzene rings is 1. The molecule has 18 heavy (non-hydrogen) atoms. The Morgan fingerprint density at radius 3 is 2.56 bits per heavy atom. The van der Waals surface area contributed by atoms with Crippen LogP contribution in [0, 0.1) is 10.1 Å². The van der Waals surface area contributed by atoms with Gasteiger partial charge in [-0.1, -0.05) is 19.1 Å². The second kappa shape index (κ2) is 7.79. The number of rotatable bonds is 8. The van der Waals surface area contributed by atoms with Crippen molar-refractivity contribution < 1.29 is 9.66 Å². The number of ether oxygens (including phenoxy) is 1. The third-order valence-electron chi connectivity index (χ3n) is 2.79. The summed E-state index contributed by atoms with van der Waals surface area (Å²) in [6.07, 6.45) is 1.85. The van der Waals surface area contributed by atoms with E-state index in [0.717, 1.165) is 24.9 Å². The van der Waals surface area contributed by atoms with Crippen molar-refractivity contribution in [3.05, 3.63) is 39.9 Å². The number of likely N-dealkylation sites (N-methyl/N-ethyl adjacent to an activating group) is 1. The Bertz CT molecular complexity index is 359. The van der Waals surface area contributed by atoms with Crippen LogP contribution >= 0.6 is 0 Å². The average Bonchev–Trinajstić information content (AvgIpc) is 2.37. The van der Waals surface area contributed by atoms with E-state index in [4.69, 9.17) is 4.74 Å². The molecule has 1 N–H and O–H groups in total. The molecule has 5 heteroatoms. The Balaban J connectivity index is 2.48. The molecule has 0 fully saturated rings. The maximum atomic E-state index is 10.5. The van der Waals surface area contributed by atoms with Crippen LogP contribution in [-0.4, -0.2) is 31.2 Å². The number of nitro groups is 1. The van der Waals surface area contributed by atoms with E-state index >= 15 is 0 Å². The van der Waals surface area contributed by atoms with Crippen molar-refractivity contribution in [2.45, 2.75) is 25.8 Å². The molecule has 0 radical (unpaired) electrons. The first-order valence-corrected chi connectivity index (χ1v) is 6.13. The van der Waals surface area contributed by atoms with Gasteiger partial charge in [-0.25, -0.2) is 0 Å². The fourth-order valence-electron chi connectivity index (χ4n) is 1.86. The Hall–Kier alpha value is -1.46. The molecular formula is C13H20N2O3. The zero-order valence-corrected chi connectivity index (χ0v) is 10.9. The molecule has 0 aromatic heterocycles.